The predicted molar refractivity (Wildman–Crippen MR) is 86.4 cm³/mol. The summed E-state index contributed by atoms with van der Waals surface area (Å²) in [6, 6.07) is 7.31. The molecule has 0 aliphatic rings. The Bertz CT molecular complexity index is 1020. The zero-order chi connectivity index (χ0) is 17.3. The molecule has 10 heteroatoms. The van der Waals surface area contributed by atoms with Crippen LogP contribution in [0.15, 0.2) is 39.9 Å². The van der Waals surface area contributed by atoms with Crippen LogP contribution < -0.4 is 4.72 Å². The van der Waals surface area contributed by atoms with Crippen molar-refractivity contribution in [2.24, 2.45) is 0 Å². The lowest BCUT2D eigenvalue weighted by Crippen LogP contribution is -2.30. The summed E-state index contributed by atoms with van der Waals surface area (Å²) in [4.78, 5) is 23.9. The number of fused-ring (bicyclic) bond motifs is 1. The number of benzene rings is 1. The van der Waals surface area contributed by atoms with E-state index in [0.717, 1.165) is 11.3 Å². The second-order valence-electron chi connectivity index (χ2n) is 4.69. The lowest BCUT2D eigenvalue weighted by Gasteiger charge is -2.05. The summed E-state index contributed by atoms with van der Waals surface area (Å²) in [5, 5.41) is 8.44. The van der Waals surface area contributed by atoms with E-state index in [0.29, 0.717) is 10.9 Å². The van der Waals surface area contributed by atoms with Crippen molar-refractivity contribution in [1.29, 1.82) is 0 Å². The molecule has 2 aromatic heterocycles. The maximum absolute atomic E-state index is 12.2. The molecule has 1 aromatic carbocycles. The second-order valence-corrected chi connectivity index (χ2v) is 7.55. The lowest BCUT2D eigenvalue weighted by atomic mass is 10.1. The highest BCUT2D eigenvalue weighted by Crippen LogP contribution is 2.20. The van der Waals surface area contributed by atoms with E-state index in [9.17, 15) is 18.0 Å². The Labute approximate surface area is 140 Å². The normalized spacial score (nSPS) is 11.4. The van der Waals surface area contributed by atoms with E-state index in [1.165, 1.54) is 31.4 Å². The van der Waals surface area contributed by atoms with Crippen molar-refractivity contribution in [2.75, 3.05) is 7.11 Å². The molecular formula is C14H11N3O5S2. The molecule has 0 saturated carbocycles. The zero-order valence-electron chi connectivity index (χ0n) is 12.3. The number of nitrogens with zero attached hydrogens (tertiary/aromatic N) is 1. The van der Waals surface area contributed by atoms with Crippen LogP contribution in [-0.4, -0.2) is 37.6 Å². The molecule has 3 aromatic rings. The Morgan fingerprint density at radius 2 is 2.08 bits per heavy atom. The minimum atomic E-state index is -3.93. The van der Waals surface area contributed by atoms with Crippen LogP contribution >= 0.6 is 11.3 Å². The van der Waals surface area contributed by atoms with Gasteiger partial charge in [-0.3, -0.25) is 9.89 Å². The van der Waals surface area contributed by atoms with Gasteiger partial charge in [0.05, 0.1) is 12.6 Å². The molecule has 0 aliphatic heterocycles. The standard InChI is InChI=1S/C14H11N3O5S2/c1-22-14(19)12-9-7-8(4-5-10(9)15-16-12)13(18)17-24(20,21)11-3-2-6-23-11/h2-7H,1H3,(H,15,16)(H,17,18). The number of thiophene rings is 1. The van der Waals surface area contributed by atoms with Gasteiger partial charge in [-0.1, -0.05) is 6.07 Å². The largest absolute Gasteiger partial charge is 0.464 e. The van der Waals surface area contributed by atoms with Gasteiger partial charge in [0.1, 0.15) is 4.21 Å². The summed E-state index contributed by atoms with van der Waals surface area (Å²) in [5.74, 6) is -1.47. The molecular weight excluding hydrogens is 354 g/mol. The fraction of sp³-hybridized carbons (Fsp3) is 0.0714. The summed E-state index contributed by atoms with van der Waals surface area (Å²) in [5.41, 5.74) is 0.616. The van der Waals surface area contributed by atoms with Gasteiger partial charge in [0, 0.05) is 10.9 Å². The number of carbonyl (C=O) groups excluding carboxylic acids is 2. The van der Waals surface area contributed by atoms with Crippen molar-refractivity contribution in [3.05, 3.63) is 47.0 Å². The average Bonchev–Trinajstić information content (AvgIpc) is 3.23. The van der Waals surface area contributed by atoms with E-state index >= 15 is 0 Å². The van der Waals surface area contributed by atoms with Crippen LogP contribution in [0.5, 0.6) is 0 Å². The van der Waals surface area contributed by atoms with Crippen molar-refractivity contribution >= 4 is 44.1 Å². The lowest BCUT2D eigenvalue weighted by molar-refractivity contribution is 0.0596. The molecule has 2 N–H and O–H groups in total. The number of amides is 1. The van der Waals surface area contributed by atoms with Gasteiger partial charge >= 0.3 is 5.97 Å². The molecule has 0 aliphatic carbocycles. The van der Waals surface area contributed by atoms with E-state index in [4.69, 9.17) is 0 Å². The predicted octanol–water partition coefficient (Wildman–Crippen LogP) is 1.53. The summed E-state index contributed by atoms with van der Waals surface area (Å²) in [7, 11) is -2.72. The molecule has 0 saturated heterocycles. The minimum absolute atomic E-state index is 0.0169. The van der Waals surface area contributed by atoms with Gasteiger partial charge in [0.25, 0.3) is 15.9 Å². The van der Waals surface area contributed by atoms with Gasteiger partial charge < -0.3 is 4.74 Å². The number of hydrogen-bond donors (Lipinski definition) is 2. The number of aromatic amines is 1. The van der Waals surface area contributed by atoms with Crippen LogP contribution in [0.4, 0.5) is 0 Å². The number of sulfonamides is 1. The molecule has 3 rings (SSSR count). The van der Waals surface area contributed by atoms with Gasteiger partial charge in [-0.2, -0.15) is 5.10 Å². The van der Waals surface area contributed by atoms with Gasteiger partial charge in [0.15, 0.2) is 5.69 Å². The number of hydrogen-bond acceptors (Lipinski definition) is 7. The number of methoxy groups -OCH3 is 1. The molecule has 0 spiro atoms. The van der Waals surface area contributed by atoms with Gasteiger partial charge in [-0.15, -0.1) is 11.3 Å². The third-order valence-electron chi connectivity index (χ3n) is 3.19. The van der Waals surface area contributed by atoms with E-state index in [2.05, 4.69) is 14.9 Å². The molecule has 124 valence electrons. The smallest absolute Gasteiger partial charge is 0.359 e. The van der Waals surface area contributed by atoms with Crippen LogP contribution in [0.1, 0.15) is 20.8 Å². The van der Waals surface area contributed by atoms with Crippen LogP contribution in [0.3, 0.4) is 0 Å². The topological polar surface area (TPSA) is 118 Å². The third-order valence-corrected chi connectivity index (χ3v) is 5.92. The summed E-state index contributed by atoms with van der Waals surface area (Å²) in [6.07, 6.45) is 0. The Hall–Kier alpha value is -2.72. The number of carbonyl (C=O) groups is 2. The summed E-state index contributed by atoms with van der Waals surface area (Å²) >= 11 is 1.00. The first-order valence-corrected chi connectivity index (χ1v) is 8.96. The maximum Gasteiger partial charge on any atom is 0.359 e. The minimum Gasteiger partial charge on any atom is -0.464 e. The summed E-state index contributed by atoms with van der Waals surface area (Å²) < 4.78 is 30.8. The van der Waals surface area contributed by atoms with Crippen LogP contribution in [0.25, 0.3) is 10.9 Å². The maximum atomic E-state index is 12.2. The van der Waals surface area contributed by atoms with E-state index in [1.807, 2.05) is 4.72 Å². The van der Waals surface area contributed by atoms with Crippen molar-refractivity contribution < 1.29 is 22.7 Å². The van der Waals surface area contributed by atoms with Gasteiger partial charge in [0.2, 0.25) is 0 Å². The number of esters is 1. The number of aromatic nitrogens is 2. The van der Waals surface area contributed by atoms with E-state index in [1.54, 1.807) is 11.4 Å². The average molecular weight is 365 g/mol. The molecule has 8 nitrogen and oxygen atoms in total. The van der Waals surface area contributed by atoms with Crippen molar-refractivity contribution in [1.82, 2.24) is 14.9 Å². The SMILES string of the molecule is COC(=O)c1n[nH]c2ccc(C(=O)NS(=O)(=O)c3cccs3)cc12. The highest BCUT2D eigenvalue weighted by molar-refractivity contribution is 7.92. The Kier molecular flexibility index (Phi) is 4.08. The number of nitrogens with one attached hydrogen (secondary N) is 2. The highest BCUT2D eigenvalue weighted by atomic mass is 32.2. The third kappa shape index (κ3) is 2.88. The molecule has 24 heavy (non-hydrogen) atoms. The van der Waals surface area contributed by atoms with Crippen molar-refractivity contribution in [3.8, 4) is 0 Å². The quantitative estimate of drug-likeness (QED) is 0.677. The van der Waals surface area contributed by atoms with Crippen LogP contribution in [0.2, 0.25) is 0 Å². The van der Waals surface area contributed by atoms with Crippen LogP contribution in [-0.2, 0) is 14.8 Å². The Morgan fingerprint density at radius 1 is 1.29 bits per heavy atom. The Morgan fingerprint density at radius 3 is 2.75 bits per heavy atom. The molecule has 0 fully saturated rings. The monoisotopic (exact) mass is 365 g/mol. The second kappa shape index (κ2) is 6.06. The summed E-state index contributed by atoms with van der Waals surface area (Å²) in [6.45, 7) is 0. The molecule has 0 atom stereocenters. The number of ether oxygens (including phenoxy) is 1. The first kappa shape index (κ1) is 16.1. The first-order chi connectivity index (χ1) is 11.4. The molecule has 0 unspecified atom stereocenters. The van der Waals surface area contributed by atoms with Crippen LogP contribution in [0, 0.1) is 0 Å². The fourth-order valence-corrected chi connectivity index (χ4v) is 4.02. The van der Waals surface area contributed by atoms with Gasteiger partial charge in [-0.05, 0) is 29.6 Å². The van der Waals surface area contributed by atoms with Crippen molar-refractivity contribution in [3.63, 3.8) is 0 Å². The van der Waals surface area contributed by atoms with E-state index in [-0.39, 0.29) is 15.5 Å². The van der Waals surface area contributed by atoms with E-state index < -0.39 is 21.9 Å². The fourth-order valence-electron chi connectivity index (χ4n) is 2.06. The molecule has 1 amide bonds. The van der Waals surface area contributed by atoms with Gasteiger partial charge in [-0.25, -0.2) is 17.9 Å². The number of H-pyrrole nitrogens is 1. The highest BCUT2D eigenvalue weighted by Gasteiger charge is 2.21. The number of rotatable bonds is 4. The molecule has 0 radical (unpaired) electrons. The molecule has 0 bridgehead atoms. The van der Waals surface area contributed by atoms with Crippen molar-refractivity contribution in [2.45, 2.75) is 4.21 Å². The first-order valence-electron chi connectivity index (χ1n) is 6.59. The zero-order valence-corrected chi connectivity index (χ0v) is 13.9. The Balaban J connectivity index is 1.94. The molecule has 2 heterocycles.